The number of piperidine rings is 1. The maximum absolute atomic E-state index is 13.2. The zero-order valence-electron chi connectivity index (χ0n) is 17.4. The maximum atomic E-state index is 13.2. The first-order valence-electron chi connectivity index (χ1n) is 10.6. The molecule has 0 bridgehead atoms. The number of amides is 1. The Morgan fingerprint density at radius 2 is 1.72 bits per heavy atom. The fourth-order valence-electron chi connectivity index (χ4n) is 4.57. The number of hydrogen-bond acceptors (Lipinski definition) is 5. The van der Waals surface area contributed by atoms with Crippen LogP contribution in [0, 0.1) is 16.0 Å². The van der Waals surface area contributed by atoms with E-state index in [1.807, 2.05) is 35.2 Å². The van der Waals surface area contributed by atoms with Crippen LogP contribution in [0.15, 0.2) is 53.4 Å². The summed E-state index contributed by atoms with van der Waals surface area (Å²) in [5.41, 5.74) is 0.790. The Morgan fingerprint density at radius 1 is 1.03 bits per heavy atom. The summed E-state index contributed by atoms with van der Waals surface area (Å²) < 4.78 is 27.4. The van der Waals surface area contributed by atoms with E-state index in [-0.39, 0.29) is 46.6 Å². The van der Waals surface area contributed by atoms with Crippen LogP contribution >= 0.6 is 11.6 Å². The minimum absolute atomic E-state index is 0.0587. The van der Waals surface area contributed by atoms with Gasteiger partial charge in [-0.2, -0.15) is 4.31 Å². The largest absolute Gasteiger partial charge is 0.335 e. The molecule has 0 N–H and O–H groups in total. The number of non-ortho nitro benzene ring substituents is 1. The molecule has 1 atom stereocenters. The molecular formula is C22H24ClN3O5S. The van der Waals surface area contributed by atoms with Gasteiger partial charge in [0.05, 0.1) is 16.0 Å². The number of benzene rings is 2. The Hall–Kier alpha value is -2.49. The van der Waals surface area contributed by atoms with Gasteiger partial charge in [0.25, 0.3) is 5.69 Å². The van der Waals surface area contributed by atoms with Crippen LogP contribution in [0.2, 0.25) is 5.02 Å². The standard InChI is InChI=1S/C22H24ClN3O5S/c23-19-9-8-18(26(28)29)15-21(19)32(30,31)24-13-10-17(11-14-24)22(27)25-12-4-7-20(25)16-5-2-1-3-6-16/h1-3,5-6,8-9,15,17,20H,4,7,10-14H2/t20-/m0/s1. The molecule has 0 aromatic heterocycles. The number of carbonyl (C=O) groups excluding carboxylic acids is 1. The molecule has 2 aromatic rings. The minimum Gasteiger partial charge on any atom is -0.335 e. The second kappa shape index (κ2) is 9.17. The lowest BCUT2D eigenvalue weighted by Crippen LogP contribution is -2.44. The summed E-state index contributed by atoms with van der Waals surface area (Å²) in [5, 5.41) is 11.0. The van der Waals surface area contributed by atoms with Gasteiger partial charge in [0, 0.05) is 37.7 Å². The van der Waals surface area contributed by atoms with E-state index in [4.69, 9.17) is 11.6 Å². The number of halogens is 1. The molecule has 2 aliphatic heterocycles. The number of rotatable bonds is 5. The third-order valence-corrected chi connectivity index (χ3v) is 8.65. The molecule has 32 heavy (non-hydrogen) atoms. The van der Waals surface area contributed by atoms with Gasteiger partial charge in [-0.1, -0.05) is 41.9 Å². The Labute approximate surface area is 192 Å². The Bertz CT molecular complexity index is 1120. The number of carbonyl (C=O) groups is 1. The lowest BCUT2D eigenvalue weighted by Gasteiger charge is -2.34. The van der Waals surface area contributed by atoms with Crippen LogP contribution in [0.1, 0.15) is 37.3 Å². The van der Waals surface area contributed by atoms with Crippen LogP contribution in [0.5, 0.6) is 0 Å². The first-order chi connectivity index (χ1) is 15.3. The monoisotopic (exact) mass is 477 g/mol. The predicted octanol–water partition coefficient (Wildman–Crippen LogP) is 4.01. The molecule has 170 valence electrons. The molecule has 0 aliphatic carbocycles. The van der Waals surface area contributed by atoms with Crippen LogP contribution in [0.4, 0.5) is 5.69 Å². The van der Waals surface area contributed by atoms with E-state index < -0.39 is 14.9 Å². The highest BCUT2D eigenvalue weighted by Gasteiger charge is 2.38. The van der Waals surface area contributed by atoms with Gasteiger partial charge in [0.15, 0.2) is 0 Å². The lowest BCUT2D eigenvalue weighted by molar-refractivity contribution is -0.385. The number of nitrogens with zero attached hydrogens (tertiary/aromatic N) is 3. The summed E-state index contributed by atoms with van der Waals surface area (Å²) in [6, 6.07) is 13.4. The van der Waals surface area contributed by atoms with E-state index >= 15 is 0 Å². The smallest absolute Gasteiger partial charge is 0.270 e. The molecule has 2 aromatic carbocycles. The maximum Gasteiger partial charge on any atom is 0.270 e. The van der Waals surface area contributed by atoms with Gasteiger partial charge < -0.3 is 4.90 Å². The van der Waals surface area contributed by atoms with Crippen LogP contribution in [-0.4, -0.2) is 48.1 Å². The summed E-state index contributed by atoms with van der Waals surface area (Å²) in [5.74, 6) is -0.173. The molecule has 4 rings (SSSR count). The van der Waals surface area contributed by atoms with Crippen molar-refractivity contribution >= 4 is 33.2 Å². The van der Waals surface area contributed by atoms with Crippen LogP contribution in [0.25, 0.3) is 0 Å². The second-order valence-corrected chi connectivity index (χ2v) is 10.5. The van der Waals surface area contributed by atoms with E-state index in [1.54, 1.807) is 0 Å². The van der Waals surface area contributed by atoms with Crippen LogP contribution < -0.4 is 0 Å². The van der Waals surface area contributed by atoms with E-state index in [2.05, 4.69) is 0 Å². The zero-order chi connectivity index (χ0) is 22.9. The first-order valence-corrected chi connectivity index (χ1v) is 12.4. The van der Waals surface area contributed by atoms with Gasteiger partial charge in [-0.05, 0) is 37.3 Å². The van der Waals surface area contributed by atoms with Crippen molar-refractivity contribution in [3.8, 4) is 0 Å². The number of sulfonamides is 1. The van der Waals surface area contributed by atoms with Crippen molar-refractivity contribution in [1.29, 1.82) is 0 Å². The Morgan fingerprint density at radius 3 is 2.38 bits per heavy atom. The van der Waals surface area contributed by atoms with Crippen LogP contribution in [-0.2, 0) is 14.8 Å². The average Bonchev–Trinajstić information content (AvgIpc) is 3.29. The summed E-state index contributed by atoms with van der Waals surface area (Å²) in [6.07, 6.45) is 2.68. The third kappa shape index (κ3) is 4.37. The van der Waals surface area contributed by atoms with Crippen LogP contribution in [0.3, 0.4) is 0 Å². The van der Waals surface area contributed by atoms with Gasteiger partial charge in [-0.25, -0.2) is 8.42 Å². The van der Waals surface area contributed by atoms with Gasteiger partial charge in [0.1, 0.15) is 4.90 Å². The second-order valence-electron chi connectivity index (χ2n) is 8.15. The van der Waals surface area contributed by atoms with Gasteiger partial charge >= 0.3 is 0 Å². The zero-order valence-corrected chi connectivity index (χ0v) is 19.0. The Balaban J connectivity index is 1.45. The van der Waals surface area contributed by atoms with E-state index in [0.717, 1.165) is 24.5 Å². The quantitative estimate of drug-likeness (QED) is 0.478. The van der Waals surface area contributed by atoms with Crippen molar-refractivity contribution in [2.24, 2.45) is 5.92 Å². The molecule has 1 amide bonds. The first kappa shape index (κ1) is 22.7. The molecule has 2 heterocycles. The molecule has 0 unspecified atom stereocenters. The van der Waals surface area contributed by atoms with E-state index in [1.165, 1.54) is 16.4 Å². The van der Waals surface area contributed by atoms with Crippen molar-refractivity contribution in [2.45, 2.75) is 36.6 Å². The normalized spacial score (nSPS) is 20.4. The highest BCUT2D eigenvalue weighted by atomic mass is 35.5. The van der Waals surface area contributed by atoms with Crippen molar-refractivity contribution < 1.29 is 18.1 Å². The number of nitro groups is 1. The van der Waals surface area contributed by atoms with E-state index in [0.29, 0.717) is 19.4 Å². The number of nitro benzene ring substituents is 1. The summed E-state index contributed by atoms with van der Waals surface area (Å²) in [7, 11) is -4.00. The lowest BCUT2D eigenvalue weighted by atomic mass is 9.95. The molecule has 8 nitrogen and oxygen atoms in total. The van der Waals surface area contributed by atoms with Crippen molar-refractivity contribution in [1.82, 2.24) is 9.21 Å². The predicted molar refractivity (Wildman–Crippen MR) is 120 cm³/mol. The summed E-state index contributed by atoms with van der Waals surface area (Å²) in [4.78, 5) is 25.3. The molecule has 2 fully saturated rings. The molecule has 10 heteroatoms. The fourth-order valence-corrected chi connectivity index (χ4v) is 6.54. The fraction of sp³-hybridized carbons (Fsp3) is 0.409. The van der Waals surface area contributed by atoms with Crippen molar-refractivity contribution in [3.63, 3.8) is 0 Å². The van der Waals surface area contributed by atoms with Gasteiger partial charge in [0.2, 0.25) is 15.9 Å². The summed E-state index contributed by atoms with van der Waals surface area (Å²) in [6.45, 7) is 1.05. The minimum atomic E-state index is -4.00. The molecule has 0 saturated carbocycles. The highest BCUT2D eigenvalue weighted by Crippen LogP contribution is 2.36. The molecule has 2 saturated heterocycles. The topological polar surface area (TPSA) is 101 Å². The average molecular weight is 478 g/mol. The van der Waals surface area contributed by atoms with E-state index in [9.17, 15) is 23.3 Å². The molecule has 0 spiro atoms. The number of likely N-dealkylation sites (tertiary alicyclic amines) is 1. The Kier molecular flexibility index (Phi) is 6.50. The molecule has 2 aliphatic rings. The molecular weight excluding hydrogens is 454 g/mol. The highest BCUT2D eigenvalue weighted by molar-refractivity contribution is 7.89. The van der Waals surface area contributed by atoms with Crippen molar-refractivity contribution in [2.75, 3.05) is 19.6 Å². The van der Waals surface area contributed by atoms with Gasteiger partial charge in [-0.3, -0.25) is 14.9 Å². The third-order valence-electron chi connectivity index (χ3n) is 6.27. The molecule has 0 radical (unpaired) electrons. The van der Waals surface area contributed by atoms with Gasteiger partial charge in [-0.15, -0.1) is 0 Å². The summed E-state index contributed by atoms with van der Waals surface area (Å²) >= 11 is 6.05. The number of hydrogen-bond donors (Lipinski definition) is 0. The van der Waals surface area contributed by atoms with Crippen molar-refractivity contribution in [3.05, 3.63) is 69.2 Å². The SMILES string of the molecule is O=C(C1CCN(S(=O)(=O)c2cc([N+](=O)[O-])ccc2Cl)CC1)N1CCC[C@H]1c1ccccc1.